The zero-order valence-corrected chi connectivity index (χ0v) is 15.8. The predicted molar refractivity (Wildman–Crippen MR) is 105 cm³/mol. The summed E-state index contributed by atoms with van der Waals surface area (Å²) in [7, 11) is 2.07. The lowest BCUT2D eigenvalue weighted by molar-refractivity contribution is -0.00410. The molecule has 0 spiro atoms. The number of anilines is 1. The molecule has 0 unspecified atom stereocenters. The molecule has 8 heteroatoms. The fraction of sp³-hybridized carbons (Fsp3) is 0.400. The largest absolute Gasteiger partial charge is 0.463 e. The number of nitrogens with one attached hydrogen (secondary N) is 1. The number of aromatic nitrogens is 3. The van der Waals surface area contributed by atoms with Gasteiger partial charge in [-0.2, -0.15) is 0 Å². The number of imidazole rings is 1. The van der Waals surface area contributed by atoms with Crippen molar-refractivity contribution in [2.45, 2.75) is 18.4 Å². The standard InChI is InChI=1S/C20H24FN5O2/c1-25-9-7-20(27,8-10-25)13-23-18-5-6-19-22-12-17(26(19)24-18)15-3-2-4-16(11-15)28-14-21/h2-6,11-12,27H,7-10,13-14H2,1H3,(H,23,24). The van der Waals surface area contributed by atoms with Gasteiger partial charge in [0.15, 0.2) is 5.65 Å². The molecule has 3 heterocycles. The second-order valence-corrected chi connectivity index (χ2v) is 7.29. The Hall–Kier alpha value is -2.71. The predicted octanol–water partition coefficient (Wildman–Crippen LogP) is 2.57. The van der Waals surface area contributed by atoms with E-state index in [1.807, 2.05) is 18.2 Å². The fourth-order valence-electron chi connectivity index (χ4n) is 3.44. The van der Waals surface area contributed by atoms with Crippen molar-refractivity contribution in [2.75, 3.05) is 38.9 Å². The molecule has 0 aliphatic carbocycles. The van der Waals surface area contributed by atoms with Gasteiger partial charge in [-0.05, 0) is 44.2 Å². The van der Waals surface area contributed by atoms with Gasteiger partial charge < -0.3 is 20.1 Å². The number of rotatable bonds is 6. The molecule has 0 amide bonds. The number of fused-ring (bicyclic) bond motifs is 1. The van der Waals surface area contributed by atoms with Crippen LogP contribution in [0.5, 0.6) is 5.75 Å². The molecule has 0 radical (unpaired) electrons. The Morgan fingerprint density at radius 1 is 1.25 bits per heavy atom. The van der Waals surface area contributed by atoms with Crippen LogP contribution in [0.25, 0.3) is 16.9 Å². The molecule has 4 rings (SSSR count). The topological polar surface area (TPSA) is 74.9 Å². The number of aliphatic hydroxyl groups is 1. The summed E-state index contributed by atoms with van der Waals surface area (Å²) < 4.78 is 19.1. The van der Waals surface area contributed by atoms with E-state index in [-0.39, 0.29) is 0 Å². The Balaban J connectivity index is 1.55. The van der Waals surface area contributed by atoms with E-state index < -0.39 is 12.5 Å². The molecule has 0 saturated carbocycles. The van der Waals surface area contributed by atoms with Gasteiger partial charge in [0.05, 0.1) is 17.5 Å². The number of nitrogens with zero attached hydrogens (tertiary/aromatic N) is 4. The van der Waals surface area contributed by atoms with Gasteiger partial charge in [-0.15, -0.1) is 5.10 Å². The van der Waals surface area contributed by atoms with E-state index in [0.29, 0.717) is 23.8 Å². The maximum atomic E-state index is 12.5. The Morgan fingerprint density at radius 2 is 2.07 bits per heavy atom. The molecule has 1 aromatic carbocycles. The van der Waals surface area contributed by atoms with Crippen LogP contribution in [-0.2, 0) is 0 Å². The third-order valence-electron chi connectivity index (χ3n) is 5.23. The smallest absolute Gasteiger partial charge is 0.228 e. The van der Waals surface area contributed by atoms with Crippen molar-refractivity contribution < 1.29 is 14.2 Å². The number of likely N-dealkylation sites (tertiary alicyclic amines) is 1. The molecule has 0 atom stereocenters. The number of hydrogen-bond donors (Lipinski definition) is 2. The molecule has 1 fully saturated rings. The van der Waals surface area contributed by atoms with E-state index in [4.69, 9.17) is 4.74 Å². The Bertz CT molecular complexity index is 953. The molecule has 1 aliphatic heterocycles. The first kappa shape index (κ1) is 18.6. The van der Waals surface area contributed by atoms with E-state index in [0.717, 1.165) is 37.2 Å². The van der Waals surface area contributed by atoms with Gasteiger partial charge in [-0.3, -0.25) is 0 Å². The molecule has 2 aromatic heterocycles. The van der Waals surface area contributed by atoms with E-state index >= 15 is 0 Å². The Labute approximate surface area is 162 Å². The number of piperidine rings is 1. The minimum Gasteiger partial charge on any atom is -0.463 e. The average Bonchev–Trinajstić information content (AvgIpc) is 3.13. The van der Waals surface area contributed by atoms with Gasteiger partial charge in [-0.1, -0.05) is 12.1 Å². The molecule has 28 heavy (non-hydrogen) atoms. The average molecular weight is 385 g/mol. The first-order valence-corrected chi connectivity index (χ1v) is 9.35. The van der Waals surface area contributed by atoms with E-state index in [1.165, 1.54) is 0 Å². The van der Waals surface area contributed by atoms with Crippen molar-refractivity contribution in [1.29, 1.82) is 0 Å². The molecule has 7 nitrogen and oxygen atoms in total. The van der Waals surface area contributed by atoms with E-state index in [9.17, 15) is 9.50 Å². The lowest BCUT2D eigenvalue weighted by Crippen LogP contribution is -2.47. The summed E-state index contributed by atoms with van der Waals surface area (Å²) in [5.74, 6) is 1.11. The minimum atomic E-state index is -0.873. The minimum absolute atomic E-state index is 0.448. The lowest BCUT2D eigenvalue weighted by Gasteiger charge is -2.36. The summed E-state index contributed by atoms with van der Waals surface area (Å²) in [4.78, 5) is 6.61. The van der Waals surface area contributed by atoms with Crippen molar-refractivity contribution >= 4 is 11.5 Å². The van der Waals surface area contributed by atoms with Crippen molar-refractivity contribution in [3.8, 4) is 17.0 Å². The number of alkyl halides is 1. The van der Waals surface area contributed by atoms with Crippen LogP contribution in [0.1, 0.15) is 12.8 Å². The summed E-state index contributed by atoms with van der Waals surface area (Å²) in [5, 5.41) is 18.6. The summed E-state index contributed by atoms with van der Waals surface area (Å²) in [6, 6.07) is 10.9. The summed E-state index contributed by atoms with van der Waals surface area (Å²) in [6.07, 6.45) is 3.19. The Kier molecular flexibility index (Phi) is 5.15. The number of ether oxygens (including phenoxy) is 1. The molecule has 3 aromatic rings. The second kappa shape index (κ2) is 7.73. The number of hydrogen-bond acceptors (Lipinski definition) is 6. The molecule has 2 N–H and O–H groups in total. The van der Waals surface area contributed by atoms with Crippen LogP contribution in [0.4, 0.5) is 10.2 Å². The normalized spacial score (nSPS) is 17.0. The third kappa shape index (κ3) is 3.93. The van der Waals surface area contributed by atoms with Crippen LogP contribution >= 0.6 is 0 Å². The van der Waals surface area contributed by atoms with Gasteiger partial charge in [0.25, 0.3) is 0 Å². The van der Waals surface area contributed by atoms with Crippen molar-refractivity contribution in [1.82, 2.24) is 19.5 Å². The van der Waals surface area contributed by atoms with E-state index in [2.05, 4.69) is 27.3 Å². The monoisotopic (exact) mass is 385 g/mol. The van der Waals surface area contributed by atoms with Crippen molar-refractivity contribution in [3.05, 3.63) is 42.6 Å². The zero-order valence-electron chi connectivity index (χ0n) is 15.8. The molecular formula is C20H24FN5O2. The van der Waals surface area contributed by atoms with Gasteiger partial charge in [-0.25, -0.2) is 13.9 Å². The first-order valence-electron chi connectivity index (χ1n) is 9.35. The zero-order chi connectivity index (χ0) is 19.6. The van der Waals surface area contributed by atoms with Crippen LogP contribution in [0, 0.1) is 0 Å². The van der Waals surface area contributed by atoms with Crippen molar-refractivity contribution in [3.63, 3.8) is 0 Å². The second-order valence-electron chi connectivity index (χ2n) is 7.29. The molecule has 0 bridgehead atoms. The van der Waals surface area contributed by atoms with Gasteiger partial charge in [0.1, 0.15) is 11.6 Å². The summed E-state index contributed by atoms with van der Waals surface area (Å²) in [6.45, 7) is 1.34. The quantitative estimate of drug-likeness (QED) is 0.679. The third-order valence-corrected chi connectivity index (χ3v) is 5.23. The molecule has 1 aliphatic rings. The van der Waals surface area contributed by atoms with E-state index in [1.54, 1.807) is 28.9 Å². The number of benzene rings is 1. The van der Waals surface area contributed by atoms with Crippen molar-refractivity contribution in [2.24, 2.45) is 0 Å². The van der Waals surface area contributed by atoms with Crippen LogP contribution in [0.15, 0.2) is 42.6 Å². The highest BCUT2D eigenvalue weighted by Gasteiger charge is 2.31. The SMILES string of the molecule is CN1CCC(O)(CNc2ccc3ncc(-c4cccc(OCF)c4)n3n2)CC1. The molecule has 148 valence electrons. The van der Waals surface area contributed by atoms with Crippen LogP contribution in [0.2, 0.25) is 0 Å². The number of halogens is 1. The van der Waals surface area contributed by atoms with Gasteiger partial charge in [0, 0.05) is 25.2 Å². The van der Waals surface area contributed by atoms with Gasteiger partial charge >= 0.3 is 0 Å². The fourth-order valence-corrected chi connectivity index (χ4v) is 3.44. The Morgan fingerprint density at radius 3 is 2.86 bits per heavy atom. The maximum absolute atomic E-state index is 12.5. The highest BCUT2D eigenvalue weighted by molar-refractivity contribution is 5.65. The van der Waals surface area contributed by atoms with Crippen LogP contribution in [0.3, 0.4) is 0 Å². The molecular weight excluding hydrogens is 361 g/mol. The first-order chi connectivity index (χ1) is 13.6. The van der Waals surface area contributed by atoms with Crippen LogP contribution in [-0.4, -0.2) is 63.7 Å². The van der Waals surface area contributed by atoms with Gasteiger partial charge in [0.2, 0.25) is 6.86 Å². The highest BCUT2D eigenvalue weighted by atomic mass is 19.1. The summed E-state index contributed by atoms with van der Waals surface area (Å²) >= 11 is 0. The maximum Gasteiger partial charge on any atom is 0.228 e. The highest BCUT2D eigenvalue weighted by Crippen LogP contribution is 2.26. The molecule has 1 saturated heterocycles. The lowest BCUT2D eigenvalue weighted by atomic mass is 9.91. The van der Waals surface area contributed by atoms with Crippen LogP contribution < -0.4 is 10.1 Å². The summed E-state index contributed by atoms with van der Waals surface area (Å²) in [5.41, 5.74) is 1.59.